The van der Waals surface area contributed by atoms with Crippen LogP contribution >= 0.6 is 0 Å². The number of carbonyl (C=O) groups excluding carboxylic acids is 1. The molecule has 1 aromatic carbocycles. The lowest BCUT2D eigenvalue weighted by Crippen LogP contribution is -2.21. The first-order chi connectivity index (χ1) is 10.1. The molecule has 0 unspecified atom stereocenters. The maximum absolute atomic E-state index is 13.5. The van der Waals surface area contributed by atoms with Gasteiger partial charge in [0.25, 0.3) is 0 Å². The molecule has 1 aromatic heterocycles. The van der Waals surface area contributed by atoms with Crippen molar-refractivity contribution in [3.8, 4) is 0 Å². The highest BCUT2D eigenvalue weighted by atomic mass is 19.1. The molecule has 2 aromatic rings. The predicted molar refractivity (Wildman–Crippen MR) is 77.9 cm³/mol. The molecule has 21 heavy (non-hydrogen) atoms. The predicted octanol–water partition coefficient (Wildman–Crippen LogP) is 2.69. The molecule has 0 bridgehead atoms. The third kappa shape index (κ3) is 2.86. The lowest BCUT2D eigenvalue weighted by molar-refractivity contribution is -0.129. The number of halogens is 1. The molecule has 1 aliphatic heterocycles. The highest BCUT2D eigenvalue weighted by molar-refractivity contribution is 5.74. The minimum absolute atomic E-state index is 0.0799. The first kappa shape index (κ1) is 13.5. The van der Waals surface area contributed by atoms with Crippen LogP contribution in [-0.4, -0.2) is 15.8 Å². The minimum Gasteiger partial charge on any atom is -0.379 e. The molecule has 0 spiro atoms. The third-order valence-electron chi connectivity index (χ3n) is 3.67. The lowest BCUT2D eigenvalue weighted by atomic mass is 10.1. The molecule has 0 atom stereocenters. The van der Waals surface area contributed by atoms with E-state index in [1.807, 2.05) is 18.2 Å². The first-order valence-electron chi connectivity index (χ1n) is 6.84. The van der Waals surface area contributed by atoms with Crippen LogP contribution in [0.4, 0.5) is 10.1 Å². The molecule has 0 saturated heterocycles. The van der Waals surface area contributed by atoms with E-state index >= 15 is 0 Å². The van der Waals surface area contributed by atoms with Crippen molar-refractivity contribution in [2.24, 2.45) is 0 Å². The summed E-state index contributed by atoms with van der Waals surface area (Å²) in [5.41, 5.74) is 3.60. The molecule has 4 nitrogen and oxygen atoms in total. The lowest BCUT2D eigenvalue weighted by Gasteiger charge is -2.11. The van der Waals surface area contributed by atoms with Crippen molar-refractivity contribution >= 4 is 11.6 Å². The number of benzene rings is 1. The Morgan fingerprint density at radius 1 is 1.33 bits per heavy atom. The summed E-state index contributed by atoms with van der Waals surface area (Å²) in [6.07, 6.45) is 1.58. The molecule has 108 valence electrons. The van der Waals surface area contributed by atoms with E-state index in [2.05, 4.69) is 10.3 Å². The molecule has 1 amide bonds. The fraction of sp³-hybridized carbons (Fsp3) is 0.250. The van der Waals surface area contributed by atoms with Crippen molar-refractivity contribution in [3.63, 3.8) is 0 Å². The van der Waals surface area contributed by atoms with Gasteiger partial charge in [0.1, 0.15) is 5.82 Å². The third-order valence-corrected chi connectivity index (χ3v) is 3.67. The number of anilines is 1. The monoisotopic (exact) mass is 285 g/mol. The van der Waals surface area contributed by atoms with Gasteiger partial charge in [0.05, 0.1) is 12.2 Å². The molecule has 0 aliphatic carbocycles. The summed E-state index contributed by atoms with van der Waals surface area (Å²) in [4.78, 5) is 17.2. The number of aromatic nitrogens is 1. The van der Waals surface area contributed by atoms with Crippen molar-refractivity contribution in [1.29, 1.82) is 0 Å². The zero-order valence-corrected chi connectivity index (χ0v) is 11.8. The van der Waals surface area contributed by atoms with Crippen molar-refractivity contribution in [2.45, 2.75) is 26.6 Å². The molecule has 0 radical (unpaired) electrons. The van der Waals surface area contributed by atoms with Crippen LogP contribution in [0.1, 0.15) is 23.7 Å². The Balaban J connectivity index is 1.70. The topological polar surface area (TPSA) is 45.2 Å². The number of fused-ring (bicyclic) bond motifs is 1. The second-order valence-electron chi connectivity index (χ2n) is 5.14. The van der Waals surface area contributed by atoms with Crippen LogP contribution in [0.2, 0.25) is 0 Å². The van der Waals surface area contributed by atoms with Gasteiger partial charge in [-0.15, -0.1) is 0 Å². The van der Waals surface area contributed by atoms with E-state index in [1.54, 1.807) is 24.1 Å². The van der Waals surface area contributed by atoms with Crippen molar-refractivity contribution in [2.75, 3.05) is 5.32 Å². The van der Waals surface area contributed by atoms with Gasteiger partial charge in [-0.2, -0.15) is 0 Å². The van der Waals surface area contributed by atoms with Crippen LogP contribution in [0.25, 0.3) is 0 Å². The summed E-state index contributed by atoms with van der Waals surface area (Å²) in [6.45, 7) is 3.22. The van der Waals surface area contributed by atoms with E-state index < -0.39 is 0 Å². The first-order valence-corrected chi connectivity index (χ1v) is 6.84. The molecular weight excluding hydrogens is 269 g/mol. The van der Waals surface area contributed by atoms with Crippen molar-refractivity contribution in [1.82, 2.24) is 9.88 Å². The van der Waals surface area contributed by atoms with Gasteiger partial charge in [-0.05, 0) is 35.4 Å². The summed E-state index contributed by atoms with van der Waals surface area (Å²) in [5, 5.41) is 3.17. The van der Waals surface area contributed by atoms with Gasteiger partial charge in [-0.3, -0.25) is 9.78 Å². The average molecular weight is 285 g/mol. The molecule has 0 saturated carbocycles. The van der Waals surface area contributed by atoms with Crippen molar-refractivity contribution in [3.05, 3.63) is 59.2 Å². The summed E-state index contributed by atoms with van der Waals surface area (Å²) < 4.78 is 13.5. The number of nitrogens with zero attached hydrogens (tertiary/aromatic N) is 2. The molecule has 0 fully saturated rings. The molecule has 1 N–H and O–H groups in total. The van der Waals surface area contributed by atoms with Crippen LogP contribution in [0.3, 0.4) is 0 Å². The quantitative estimate of drug-likeness (QED) is 0.943. The number of pyridine rings is 1. The smallest absolute Gasteiger partial charge is 0.220 e. The Kier molecular flexibility index (Phi) is 3.56. The van der Waals surface area contributed by atoms with Crippen LogP contribution < -0.4 is 5.32 Å². The summed E-state index contributed by atoms with van der Waals surface area (Å²) in [7, 11) is 0. The maximum Gasteiger partial charge on any atom is 0.220 e. The van der Waals surface area contributed by atoms with Gasteiger partial charge in [0, 0.05) is 31.9 Å². The Hall–Kier alpha value is -2.43. The van der Waals surface area contributed by atoms with Gasteiger partial charge in [-0.1, -0.05) is 6.07 Å². The highest BCUT2D eigenvalue weighted by Crippen LogP contribution is 2.26. The zero-order valence-electron chi connectivity index (χ0n) is 11.8. The van der Waals surface area contributed by atoms with Gasteiger partial charge >= 0.3 is 0 Å². The van der Waals surface area contributed by atoms with Crippen molar-refractivity contribution < 1.29 is 9.18 Å². The fourth-order valence-corrected chi connectivity index (χ4v) is 2.46. The Morgan fingerprint density at radius 3 is 2.90 bits per heavy atom. The SMILES string of the molecule is CC(=O)N1Cc2ccc(NCc3ncccc3F)cc2C1. The van der Waals surface area contributed by atoms with E-state index in [-0.39, 0.29) is 11.7 Å². The summed E-state index contributed by atoms with van der Waals surface area (Å²) in [5.74, 6) is -0.231. The second-order valence-corrected chi connectivity index (χ2v) is 5.14. The van der Waals surface area contributed by atoms with Gasteiger partial charge < -0.3 is 10.2 Å². The number of hydrogen-bond donors (Lipinski definition) is 1. The number of nitrogens with one attached hydrogen (secondary N) is 1. The van der Waals surface area contributed by atoms with Crippen LogP contribution in [0.5, 0.6) is 0 Å². The van der Waals surface area contributed by atoms with Crippen LogP contribution in [0.15, 0.2) is 36.5 Å². The highest BCUT2D eigenvalue weighted by Gasteiger charge is 2.20. The Bertz CT molecular complexity index is 687. The molecule has 3 rings (SSSR count). The molecule has 2 heterocycles. The molecule has 5 heteroatoms. The normalized spacial score (nSPS) is 13.1. The van der Waals surface area contributed by atoms with Crippen LogP contribution in [0, 0.1) is 5.82 Å². The van der Waals surface area contributed by atoms with E-state index in [0.717, 1.165) is 11.3 Å². The average Bonchev–Trinajstić information content (AvgIpc) is 2.90. The van der Waals surface area contributed by atoms with E-state index in [4.69, 9.17) is 0 Å². The summed E-state index contributed by atoms with van der Waals surface area (Å²) in [6, 6.07) is 8.94. The minimum atomic E-state index is -0.311. The largest absolute Gasteiger partial charge is 0.379 e. The number of rotatable bonds is 3. The zero-order chi connectivity index (χ0) is 14.8. The maximum atomic E-state index is 13.5. The van der Waals surface area contributed by atoms with Crippen LogP contribution in [-0.2, 0) is 24.4 Å². The summed E-state index contributed by atoms with van der Waals surface area (Å²) >= 11 is 0. The van der Waals surface area contributed by atoms with Gasteiger partial charge in [0.15, 0.2) is 0 Å². The number of amides is 1. The Morgan fingerprint density at radius 2 is 2.14 bits per heavy atom. The number of carbonyl (C=O) groups is 1. The van der Waals surface area contributed by atoms with Gasteiger partial charge in [-0.25, -0.2) is 4.39 Å². The molecular formula is C16H16FN3O. The Labute approximate surface area is 122 Å². The van der Waals surface area contributed by atoms with E-state index in [9.17, 15) is 9.18 Å². The van der Waals surface area contributed by atoms with E-state index in [1.165, 1.54) is 11.6 Å². The van der Waals surface area contributed by atoms with Gasteiger partial charge in [0.2, 0.25) is 5.91 Å². The fourth-order valence-electron chi connectivity index (χ4n) is 2.46. The standard InChI is InChI=1S/C16H16FN3O/c1-11(21)20-9-12-4-5-14(7-13(12)10-20)19-8-16-15(17)3-2-6-18-16/h2-7,19H,8-10H2,1H3. The second kappa shape index (κ2) is 5.52. The number of hydrogen-bond acceptors (Lipinski definition) is 3. The molecule has 1 aliphatic rings. The van der Waals surface area contributed by atoms with E-state index in [0.29, 0.717) is 25.3 Å².